The number of furan rings is 3. The number of nitrogens with zero attached hydrogens (tertiary/aromatic N) is 3. The summed E-state index contributed by atoms with van der Waals surface area (Å²) in [6, 6.07) is 27.0. The van der Waals surface area contributed by atoms with Crippen molar-refractivity contribution in [3.05, 3.63) is 160 Å². The number of carbonyl (C=O) groups is 3. The molecule has 93 heavy (non-hydrogen) atoms. The molecule has 12 rings (SSSR count). The van der Waals surface area contributed by atoms with Crippen LogP contribution < -0.4 is 23.7 Å². The van der Waals surface area contributed by atoms with Gasteiger partial charge in [0.1, 0.15) is 57.0 Å². The Bertz CT molecular complexity index is 4610. The molecule has 2 amide bonds. The van der Waals surface area contributed by atoms with Gasteiger partial charge in [-0.25, -0.2) is 48.7 Å². The van der Waals surface area contributed by atoms with E-state index in [0.29, 0.717) is 111 Å². The summed E-state index contributed by atoms with van der Waals surface area (Å²) in [5.74, 6) is -1.59. The highest BCUT2D eigenvalue weighted by Crippen LogP contribution is 2.43. The second-order valence-electron chi connectivity index (χ2n) is 23.2. The topological polar surface area (TPSA) is 256 Å². The third-order valence-electron chi connectivity index (χ3n) is 16.6. The molecular formula is C68H74F3N5O14S3. The number of sulfonamides is 3. The highest BCUT2D eigenvalue weighted by atomic mass is 32.2. The first-order chi connectivity index (χ1) is 44.1. The Balaban J connectivity index is 0.000000157. The Morgan fingerprint density at radius 1 is 0.505 bits per heavy atom. The van der Waals surface area contributed by atoms with E-state index >= 15 is 0 Å². The molecule has 9 aromatic rings. The van der Waals surface area contributed by atoms with Crippen LogP contribution in [-0.4, -0.2) is 101 Å². The number of fused-ring (bicyclic) bond motifs is 6. The van der Waals surface area contributed by atoms with Crippen molar-refractivity contribution in [2.75, 3.05) is 65.5 Å². The largest absolute Gasteiger partial charge is 0.478 e. The molecule has 3 aliphatic rings. The van der Waals surface area contributed by atoms with E-state index in [2.05, 4.69) is 31.6 Å². The summed E-state index contributed by atoms with van der Waals surface area (Å²) in [5.41, 5.74) is 9.58. The SMILES string of the molecule is CCC(C)CC.CNC(=O)c1c(-c2ccc(F)cc2)oc2cc3c(cc12)CCCCN3S(C)(=O)=O.CONC(=O)c1c(-c2ccc(F)cc2)oc2cc3c(cc12)CCCCN3S(C)(=O)=O.CS(=O)(=O)N1CCCCc2cc3c(C(=O)O)c(-c4ccc(F)cc4)oc3cc21. The maximum atomic E-state index is 13.4. The third-order valence-corrected chi connectivity index (χ3v) is 20.2. The van der Waals surface area contributed by atoms with Crippen molar-refractivity contribution in [3.63, 3.8) is 0 Å². The number of aryl methyl sites for hydroxylation is 3. The second-order valence-corrected chi connectivity index (χ2v) is 28.9. The van der Waals surface area contributed by atoms with Gasteiger partial charge in [-0.1, -0.05) is 33.6 Å². The fraction of sp³-hybridized carbons (Fsp3) is 0.338. The van der Waals surface area contributed by atoms with Crippen molar-refractivity contribution in [2.24, 2.45) is 5.92 Å². The fourth-order valence-corrected chi connectivity index (χ4v) is 14.5. The zero-order valence-electron chi connectivity index (χ0n) is 52.8. The van der Waals surface area contributed by atoms with Gasteiger partial charge in [0.15, 0.2) is 0 Å². The molecule has 6 heterocycles. The Morgan fingerprint density at radius 3 is 1.08 bits per heavy atom. The summed E-state index contributed by atoms with van der Waals surface area (Å²) >= 11 is 0. The fourth-order valence-electron chi connectivity index (χ4n) is 11.6. The minimum Gasteiger partial charge on any atom is -0.478 e. The molecule has 19 nitrogen and oxygen atoms in total. The molecule has 0 radical (unpaired) electrons. The summed E-state index contributed by atoms with van der Waals surface area (Å²) in [5, 5.41) is 13.9. The quantitative estimate of drug-likeness (QED) is 0.0962. The van der Waals surface area contributed by atoms with Crippen LogP contribution in [0, 0.1) is 23.4 Å². The summed E-state index contributed by atoms with van der Waals surface area (Å²) in [7, 11) is -7.52. The zero-order chi connectivity index (χ0) is 67.3. The number of halogens is 3. The molecule has 494 valence electrons. The Kier molecular flexibility index (Phi) is 21.2. The molecule has 0 saturated carbocycles. The van der Waals surface area contributed by atoms with Crippen LogP contribution in [0.4, 0.5) is 30.2 Å². The number of aromatic carboxylic acids is 1. The van der Waals surface area contributed by atoms with Gasteiger partial charge in [-0.05, 0) is 171 Å². The second kappa shape index (κ2) is 28.7. The van der Waals surface area contributed by atoms with Gasteiger partial charge in [-0.2, -0.15) is 0 Å². The number of rotatable bonds is 12. The number of amides is 2. The van der Waals surface area contributed by atoms with Crippen molar-refractivity contribution >= 4 is 97.8 Å². The number of benzene rings is 6. The van der Waals surface area contributed by atoms with Gasteiger partial charge in [0, 0.05) is 77.7 Å². The lowest BCUT2D eigenvalue weighted by Gasteiger charge is -2.22. The molecule has 0 aliphatic carbocycles. The lowest BCUT2D eigenvalue weighted by Crippen LogP contribution is -2.30. The number of hydrogen-bond donors (Lipinski definition) is 3. The smallest absolute Gasteiger partial charge is 0.340 e. The highest BCUT2D eigenvalue weighted by molar-refractivity contribution is 7.92. The number of carbonyl (C=O) groups excluding carboxylic acids is 2. The van der Waals surface area contributed by atoms with Gasteiger partial charge in [0.2, 0.25) is 30.1 Å². The summed E-state index contributed by atoms with van der Waals surface area (Å²) in [4.78, 5) is 42.2. The van der Waals surface area contributed by atoms with E-state index < -0.39 is 53.6 Å². The number of nitrogens with one attached hydrogen (secondary N) is 2. The molecule has 6 aromatic carbocycles. The van der Waals surface area contributed by atoms with Crippen LogP contribution in [0.2, 0.25) is 0 Å². The predicted molar refractivity (Wildman–Crippen MR) is 355 cm³/mol. The van der Waals surface area contributed by atoms with Gasteiger partial charge in [-0.15, -0.1) is 0 Å². The zero-order valence-corrected chi connectivity index (χ0v) is 55.3. The van der Waals surface area contributed by atoms with E-state index in [-0.39, 0.29) is 40.0 Å². The van der Waals surface area contributed by atoms with E-state index in [1.807, 2.05) is 6.07 Å². The Hall–Kier alpha value is -8.65. The van der Waals surface area contributed by atoms with E-state index in [1.54, 1.807) is 42.5 Å². The van der Waals surface area contributed by atoms with Crippen LogP contribution >= 0.6 is 0 Å². The number of carboxylic acid groups (broad SMARTS) is 1. The molecule has 3 aliphatic heterocycles. The van der Waals surface area contributed by atoms with Gasteiger partial charge < -0.3 is 23.7 Å². The van der Waals surface area contributed by atoms with Gasteiger partial charge in [0.25, 0.3) is 11.8 Å². The van der Waals surface area contributed by atoms with Crippen LogP contribution in [0.3, 0.4) is 0 Å². The van der Waals surface area contributed by atoms with Crippen LogP contribution in [0.1, 0.15) is 120 Å². The third kappa shape index (κ3) is 15.4. The highest BCUT2D eigenvalue weighted by Gasteiger charge is 2.32. The predicted octanol–water partition coefficient (Wildman–Crippen LogP) is 13.8. The van der Waals surface area contributed by atoms with Crippen LogP contribution in [0.25, 0.3) is 66.9 Å². The number of carboxylic acids is 1. The van der Waals surface area contributed by atoms with Crippen molar-refractivity contribution in [1.29, 1.82) is 0 Å². The summed E-state index contributed by atoms with van der Waals surface area (Å²) in [6.07, 6.45) is 12.9. The van der Waals surface area contributed by atoms with E-state index in [0.717, 1.165) is 67.4 Å². The van der Waals surface area contributed by atoms with Crippen molar-refractivity contribution < 1.29 is 76.0 Å². The van der Waals surface area contributed by atoms with Crippen molar-refractivity contribution in [2.45, 2.75) is 91.4 Å². The number of hydroxylamine groups is 1. The molecule has 0 bridgehead atoms. The molecule has 0 atom stereocenters. The summed E-state index contributed by atoms with van der Waals surface area (Å²) in [6.45, 7) is 7.90. The van der Waals surface area contributed by atoms with Gasteiger partial charge in [0.05, 0.1) is 54.1 Å². The Labute approximate surface area is 538 Å². The molecule has 0 unspecified atom stereocenters. The average molecular weight is 1340 g/mol. The molecule has 3 aromatic heterocycles. The molecule has 0 saturated heterocycles. The summed E-state index contributed by atoms with van der Waals surface area (Å²) < 4.78 is 136. The standard InChI is InChI=1S/C21H21FN2O5S.C21H21FN2O4S.C20H18FNO5S.C6H14/c1-28-23-21(25)19-16-11-14-5-3-4-10-24(30(2,26)27)17(14)12-18(16)29-20(19)13-6-8-15(22)9-7-13;1-23-21(25)19-16-11-14-5-3-4-10-24(29(2,26)27)17(14)12-18(16)28-20(19)13-6-8-15(22)9-7-13;1-28(25,26)22-9-3-2-4-13-10-15-17(11-16(13)22)27-19(18(15)20(23)24)12-5-7-14(21)8-6-12;1-4-6(3)5-2/h6-9,11-12H,3-5,10H2,1-2H3,(H,23,25);6-9,11-12H,3-5,10H2,1-2H3,(H,23,25);5-8,10-11H,2-4,9H2,1H3,(H,23,24);6H,4-5H2,1-3H3. The minimum absolute atomic E-state index is 0.0143. The van der Waals surface area contributed by atoms with E-state index in [9.17, 15) is 57.9 Å². The van der Waals surface area contributed by atoms with Gasteiger partial charge in [-0.3, -0.25) is 27.3 Å². The monoisotopic (exact) mass is 1340 g/mol. The minimum atomic E-state index is -3.47. The van der Waals surface area contributed by atoms with Gasteiger partial charge >= 0.3 is 5.97 Å². The average Bonchev–Trinajstić information content (AvgIpc) is 1.64. The van der Waals surface area contributed by atoms with Crippen molar-refractivity contribution in [1.82, 2.24) is 10.8 Å². The van der Waals surface area contributed by atoms with E-state index in [4.69, 9.17) is 18.1 Å². The first kappa shape index (κ1) is 68.7. The first-order valence-electron chi connectivity index (χ1n) is 30.4. The molecule has 0 spiro atoms. The van der Waals surface area contributed by atoms with E-state index in [1.165, 1.54) is 113 Å². The number of hydrogen-bond acceptors (Lipinski definition) is 13. The maximum absolute atomic E-state index is 13.4. The maximum Gasteiger partial charge on any atom is 0.340 e. The molecule has 25 heteroatoms. The lowest BCUT2D eigenvalue weighted by molar-refractivity contribution is 0.0539. The van der Waals surface area contributed by atoms with Crippen LogP contribution in [0.5, 0.6) is 0 Å². The lowest BCUT2D eigenvalue weighted by atomic mass is 10.0. The normalized spacial score (nSPS) is 14.3. The molecule has 3 N–H and O–H groups in total. The van der Waals surface area contributed by atoms with Crippen LogP contribution in [0.15, 0.2) is 122 Å². The Morgan fingerprint density at radius 2 is 0.806 bits per heavy atom. The number of anilines is 3. The van der Waals surface area contributed by atoms with Crippen LogP contribution in [-0.2, 0) is 54.2 Å². The first-order valence-corrected chi connectivity index (χ1v) is 36.0. The molecule has 0 fully saturated rings. The molecular weight excluding hydrogens is 1260 g/mol. The van der Waals surface area contributed by atoms with Crippen molar-refractivity contribution in [3.8, 4) is 34.0 Å².